The molecule has 0 spiro atoms. The minimum absolute atomic E-state index is 0.121. The number of carbonyl (C=O) groups excluding carboxylic acids is 3. The van der Waals surface area contributed by atoms with E-state index in [0.717, 1.165) is 70.6 Å². The van der Waals surface area contributed by atoms with E-state index in [1.807, 2.05) is 6.08 Å². The maximum Gasteiger partial charge on any atom is 0.306 e. The van der Waals surface area contributed by atoms with Gasteiger partial charge in [0.05, 0.1) is 0 Å². The monoisotopic (exact) mass is 905 g/mol. The van der Waals surface area contributed by atoms with Crippen LogP contribution in [-0.4, -0.2) is 37.2 Å². The SMILES string of the molecule is CC/C=C/C/C=C/C/C=C/C/C=C/C/C=C/CCCC(=O)OCC(COC(=O)CC/C=C/C/C=C/CCCCCCCC)OC(=O)CCCCCCCCCCCCCCCCCCC. The zero-order valence-corrected chi connectivity index (χ0v) is 42.5. The molecule has 372 valence electrons. The van der Waals surface area contributed by atoms with Crippen LogP contribution in [0, 0.1) is 0 Å². The number of esters is 3. The number of allylic oxidation sites excluding steroid dienone is 14. The summed E-state index contributed by atoms with van der Waals surface area (Å²) in [5.74, 6) is -1.04. The Labute approximate surface area is 401 Å². The van der Waals surface area contributed by atoms with Crippen LogP contribution in [0.1, 0.15) is 252 Å². The summed E-state index contributed by atoms with van der Waals surface area (Å²) in [6.07, 6.45) is 68.7. The van der Waals surface area contributed by atoms with Gasteiger partial charge < -0.3 is 14.2 Å². The Morgan fingerprint density at radius 3 is 1.08 bits per heavy atom. The summed E-state index contributed by atoms with van der Waals surface area (Å²) in [5.41, 5.74) is 0. The molecule has 0 aliphatic rings. The fraction of sp³-hybridized carbons (Fsp3) is 0.712. The second kappa shape index (κ2) is 53.2. The van der Waals surface area contributed by atoms with Crippen LogP contribution in [0.15, 0.2) is 85.1 Å². The van der Waals surface area contributed by atoms with Gasteiger partial charge in [-0.3, -0.25) is 14.4 Å². The first kappa shape index (κ1) is 61.6. The first-order valence-electron chi connectivity index (χ1n) is 27.1. The number of hydrogen-bond acceptors (Lipinski definition) is 6. The van der Waals surface area contributed by atoms with Crippen molar-refractivity contribution < 1.29 is 28.6 Å². The van der Waals surface area contributed by atoms with Gasteiger partial charge in [0.25, 0.3) is 0 Å². The van der Waals surface area contributed by atoms with Gasteiger partial charge in [-0.25, -0.2) is 0 Å². The van der Waals surface area contributed by atoms with Gasteiger partial charge >= 0.3 is 17.9 Å². The smallest absolute Gasteiger partial charge is 0.306 e. The molecule has 6 nitrogen and oxygen atoms in total. The summed E-state index contributed by atoms with van der Waals surface area (Å²) < 4.78 is 16.7. The molecule has 0 heterocycles. The Morgan fingerprint density at radius 2 is 0.646 bits per heavy atom. The minimum Gasteiger partial charge on any atom is -0.462 e. The lowest BCUT2D eigenvalue weighted by Gasteiger charge is -2.18. The van der Waals surface area contributed by atoms with Gasteiger partial charge in [0.15, 0.2) is 6.10 Å². The summed E-state index contributed by atoms with van der Waals surface area (Å²) in [6.45, 7) is 6.43. The topological polar surface area (TPSA) is 78.9 Å². The van der Waals surface area contributed by atoms with E-state index in [-0.39, 0.29) is 44.0 Å². The number of ether oxygens (including phenoxy) is 3. The average Bonchev–Trinajstić information content (AvgIpc) is 3.30. The molecule has 65 heavy (non-hydrogen) atoms. The Balaban J connectivity index is 4.50. The second-order valence-corrected chi connectivity index (χ2v) is 17.8. The highest BCUT2D eigenvalue weighted by atomic mass is 16.6. The van der Waals surface area contributed by atoms with Gasteiger partial charge in [0, 0.05) is 19.3 Å². The van der Waals surface area contributed by atoms with Crippen molar-refractivity contribution >= 4 is 17.9 Å². The van der Waals surface area contributed by atoms with Crippen LogP contribution in [0.4, 0.5) is 0 Å². The van der Waals surface area contributed by atoms with Gasteiger partial charge in [-0.05, 0) is 77.0 Å². The molecule has 0 N–H and O–H groups in total. The van der Waals surface area contributed by atoms with Crippen molar-refractivity contribution in [2.24, 2.45) is 0 Å². The van der Waals surface area contributed by atoms with Gasteiger partial charge in [-0.1, -0.05) is 241 Å². The van der Waals surface area contributed by atoms with E-state index in [2.05, 4.69) is 99.8 Å². The van der Waals surface area contributed by atoms with Crippen LogP contribution in [-0.2, 0) is 28.6 Å². The number of unbranched alkanes of at least 4 members (excludes halogenated alkanes) is 23. The summed E-state index contributed by atoms with van der Waals surface area (Å²) in [4.78, 5) is 38.0. The second-order valence-electron chi connectivity index (χ2n) is 17.8. The lowest BCUT2D eigenvalue weighted by molar-refractivity contribution is -0.166. The normalized spacial score (nSPS) is 12.7. The quantitative estimate of drug-likeness (QED) is 0.0262. The first-order chi connectivity index (χ1) is 32.0. The average molecular weight is 905 g/mol. The summed E-state index contributed by atoms with van der Waals surface area (Å²) in [6, 6.07) is 0. The van der Waals surface area contributed by atoms with Crippen LogP contribution < -0.4 is 0 Å². The van der Waals surface area contributed by atoms with E-state index in [9.17, 15) is 14.4 Å². The van der Waals surface area contributed by atoms with Crippen molar-refractivity contribution in [2.75, 3.05) is 13.2 Å². The summed E-state index contributed by atoms with van der Waals surface area (Å²) >= 11 is 0. The Kier molecular flexibility index (Phi) is 50.4. The van der Waals surface area contributed by atoms with Crippen molar-refractivity contribution in [2.45, 2.75) is 258 Å². The van der Waals surface area contributed by atoms with E-state index >= 15 is 0 Å². The van der Waals surface area contributed by atoms with E-state index in [1.165, 1.54) is 128 Å². The van der Waals surface area contributed by atoms with Crippen LogP contribution in [0.2, 0.25) is 0 Å². The Bertz CT molecular complexity index is 1270. The maximum atomic E-state index is 12.8. The predicted octanol–water partition coefficient (Wildman–Crippen LogP) is 18.0. The standard InChI is InChI=1S/C59H100O6/c1-4-7-10-13-16-19-22-25-27-29-31-34-37-40-43-46-49-52-58(61)64-55-56(54-63-57(60)51-48-45-42-39-36-33-24-21-18-15-12-9-6-3)65-59(62)53-50-47-44-41-38-35-32-30-28-26-23-20-17-14-11-8-5-2/h7,10,16,19,25,27,31,33-34,36,40,42-43,45,56H,4-6,8-9,11-15,17-18,20-24,26,28-30,32,35,37-39,41,44,46-55H2,1-3H3/b10-7+,19-16+,27-25+,34-31+,36-33+,43-40+,45-42+. The van der Waals surface area contributed by atoms with Gasteiger partial charge in [0.1, 0.15) is 13.2 Å². The van der Waals surface area contributed by atoms with Gasteiger partial charge in [-0.2, -0.15) is 0 Å². The third kappa shape index (κ3) is 51.4. The number of hydrogen-bond donors (Lipinski definition) is 0. The molecule has 0 saturated heterocycles. The zero-order valence-electron chi connectivity index (χ0n) is 42.5. The summed E-state index contributed by atoms with van der Waals surface area (Å²) in [5, 5.41) is 0. The third-order valence-electron chi connectivity index (χ3n) is 11.4. The largest absolute Gasteiger partial charge is 0.462 e. The molecule has 1 unspecified atom stereocenters. The molecule has 0 aromatic heterocycles. The first-order valence-corrected chi connectivity index (χ1v) is 27.1. The molecule has 0 fully saturated rings. The van der Waals surface area contributed by atoms with Crippen LogP contribution in [0.5, 0.6) is 0 Å². The van der Waals surface area contributed by atoms with Crippen LogP contribution >= 0.6 is 0 Å². The van der Waals surface area contributed by atoms with Gasteiger partial charge in [0.2, 0.25) is 0 Å². The van der Waals surface area contributed by atoms with Gasteiger partial charge in [-0.15, -0.1) is 0 Å². The lowest BCUT2D eigenvalue weighted by Crippen LogP contribution is -2.30. The molecule has 0 amide bonds. The third-order valence-corrected chi connectivity index (χ3v) is 11.4. The minimum atomic E-state index is -0.820. The van der Waals surface area contributed by atoms with E-state index in [1.54, 1.807) is 0 Å². The molecular weight excluding hydrogens is 805 g/mol. The molecule has 6 heteroatoms. The molecule has 0 bridgehead atoms. The summed E-state index contributed by atoms with van der Waals surface area (Å²) in [7, 11) is 0. The van der Waals surface area contributed by atoms with Crippen LogP contribution in [0.25, 0.3) is 0 Å². The molecule has 0 aliphatic heterocycles. The van der Waals surface area contributed by atoms with Crippen molar-refractivity contribution in [1.29, 1.82) is 0 Å². The van der Waals surface area contributed by atoms with Crippen LogP contribution in [0.3, 0.4) is 0 Å². The Hall–Kier alpha value is -3.41. The molecule has 0 radical (unpaired) electrons. The fourth-order valence-electron chi connectivity index (χ4n) is 7.35. The molecule has 0 aromatic rings. The molecule has 0 aromatic carbocycles. The highest BCUT2D eigenvalue weighted by Crippen LogP contribution is 2.15. The molecule has 0 rings (SSSR count). The van der Waals surface area contributed by atoms with E-state index < -0.39 is 6.10 Å². The zero-order chi connectivity index (χ0) is 47.2. The van der Waals surface area contributed by atoms with Crippen molar-refractivity contribution in [3.8, 4) is 0 Å². The number of rotatable bonds is 48. The highest BCUT2D eigenvalue weighted by molar-refractivity contribution is 5.71. The predicted molar refractivity (Wildman–Crippen MR) is 279 cm³/mol. The van der Waals surface area contributed by atoms with Crippen molar-refractivity contribution in [3.63, 3.8) is 0 Å². The van der Waals surface area contributed by atoms with E-state index in [4.69, 9.17) is 14.2 Å². The fourth-order valence-corrected chi connectivity index (χ4v) is 7.35. The molecular formula is C59H100O6. The molecule has 1 atom stereocenters. The molecule has 0 saturated carbocycles. The van der Waals surface area contributed by atoms with Crippen molar-refractivity contribution in [3.05, 3.63) is 85.1 Å². The van der Waals surface area contributed by atoms with E-state index in [0.29, 0.717) is 19.3 Å². The Morgan fingerprint density at radius 1 is 0.323 bits per heavy atom. The maximum absolute atomic E-state index is 12.8. The number of carbonyl (C=O) groups is 3. The lowest BCUT2D eigenvalue weighted by atomic mass is 10.0. The van der Waals surface area contributed by atoms with Crippen molar-refractivity contribution in [1.82, 2.24) is 0 Å². The molecule has 0 aliphatic carbocycles. The highest BCUT2D eigenvalue weighted by Gasteiger charge is 2.19.